The zero-order valence-corrected chi connectivity index (χ0v) is 11.2. The van der Waals surface area contributed by atoms with E-state index >= 15 is 0 Å². The second kappa shape index (κ2) is 5.05. The monoisotopic (exact) mass is 229 g/mol. The molecule has 0 radical (unpaired) electrons. The Morgan fingerprint density at radius 1 is 1.24 bits per heavy atom. The number of hydrogen-bond donors (Lipinski definition) is 1. The third-order valence-corrected chi connectivity index (χ3v) is 4.00. The maximum Gasteiger partial charge on any atom is 0.0347 e. The molecule has 1 heteroatoms. The van der Waals surface area contributed by atoms with Crippen molar-refractivity contribution in [2.24, 2.45) is 0 Å². The quantitative estimate of drug-likeness (QED) is 0.777. The van der Waals surface area contributed by atoms with Crippen LogP contribution in [0.5, 0.6) is 0 Å². The van der Waals surface area contributed by atoms with Crippen LogP contribution >= 0.6 is 0 Å². The van der Waals surface area contributed by atoms with Crippen LogP contribution in [0, 0.1) is 0 Å². The fourth-order valence-corrected chi connectivity index (χ4v) is 2.96. The van der Waals surface area contributed by atoms with Gasteiger partial charge in [-0.25, -0.2) is 0 Å². The summed E-state index contributed by atoms with van der Waals surface area (Å²) in [7, 11) is 2.08. The fourth-order valence-electron chi connectivity index (χ4n) is 2.96. The Kier molecular flexibility index (Phi) is 3.68. The zero-order chi connectivity index (χ0) is 12.3. The first kappa shape index (κ1) is 12.4. The van der Waals surface area contributed by atoms with Gasteiger partial charge < -0.3 is 5.32 Å². The van der Waals surface area contributed by atoms with Crippen molar-refractivity contribution in [3.63, 3.8) is 0 Å². The van der Waals surface area contributed by atoms with Crippen molar-refractivity contribution in [2.45, 2.75) is 44.6 Å². The van der Waals surface area contributed by atoms with Gasteiger partial charge in [0.15, 0.2) is 0 Å². The lowest BCUT2D eigenvalue weighted by Gasteiger charge is -2.47. The van der Waals surface area contributed by atoms with Gasteiger partial charge in [-0.05, 0) is 39.3 Å². The van der Waals surface area contributed by atoms with E-state index in [0.29, 0.717) is 11.5 Å². The fraction of sp³-hybridized carbons (Fsp3) is 0.500. The summed E-state index contributed by atoms with van der Waals surface area (Å²) in [4.78, 5) is 0. The topological polar surface area (TPSA) is 12.0 Å². The van der Waals surface area contributed by atoms with Crippen molar-refractivity contribution >= 4 is 0 Å². The van der Waals surface area contributed by atoms with Crippen LogP contribution in [0.25, 0.3) is 0 Å². The summed E-state index contributed by atoms with van der Waals surface area (Å²) < 4.78 is 0. The summed E-state index contributed by atoms with van der Waals surface area (Å²) in [6.45, 7) is 4.36. The molecule has 1 fully saturated rings. The molecule has 0 amide bonds. The van der Waals surface area contributed by atoms with Crippen molar-refractivity contribution in [2.75, 3.05) is 7.05 Å². The first-order valence-corrected chi connectivity index (χ1v) is 6.57. The molecule has 0 saturated heterocycles. The normalized spacial score (nSPS) is 19.2. The number of rotatable bonds is 4. The summed E-state index contributed by atoms with van der Waals surface area (Å²) in [5, 5.41) is 3.50. The lowest BCUT2D eigenvalue weighted by atomic mass is 9.60. The Labute approximate surface area is 105 Å². The van der Waals surface area contributed by atoms with E-state index < -0.39 is 0 Å². The van der Waals surface area contributed by atoms with Gasteiger partial charge in [0.2, 0.25) is 0 Å². The summed E-state index contributed by atoms with van der Waals surface area (Å²) in [6.07, 6.45) is 6.33. The Morgan fingerprint density at radius 2 is 1.88 bits per heavy atom. The number of nitrogens with one attached hydrogen (secondary N) is 1. The van der Waals surface area contributed by atoms with Gasteiger partial charge in [-0.2, -0.15) is 0 Å². The molecular formula is C16H23N. The Hall–Kier alpha value is -1.08. The molecule has 1 aliphatic carbocycles. The van der Waals surface area contributed by atoms with E-state index in [4.69, 9.17) is 0 Å². The zero-order valence-electron chi connectivity index (χ0n) is 11.2. The molecule has 0 bridgehead atoms. The van der Waals surface area contributed by atoms with Crippen LogP contribution < -0.4 is 5.32 Å². The molecule has 1 aromatic carbocycles. The number of allylic oxidation sites excluding steroid dienone is 1. The molecule has 1 aliphatic rings. The highest BCUT2D eigenvalue weighted by Gasteiger charge is 2.43. The average molecular weight is 229 g/mol. The van der Waals surface area contributed by atoms with E-state index in [9.17, 15) is 0 Å². The van der Waals surface area contributed by atoms with Crippen molar-refractivity contribution in [3.05, 3.63) is 47.5 Å². The van der Waals surface area contributed by atoms with Crippen molar-refractivity contribution in [3.8, 4) is 0 Å². The second-order valence-corrected chi connectivity index (χ2v) is 5.39. The van der Waals surface area contributed by atoms with E-state index in [1.165, 1.54) is 30.4 Å². The smallest absolute Gasteiger partial charge is 0.0347 e. The minimum atomic E-state index is 0.327. The van der Waals surface area contributed by atoms with Gasteiger partial charge in [0, 0.05) is 11.5 Å². The molecule has 17 heavy (non-hydrogen) atoms. The molecule has 0 spiro atoms. The van der Waals surface area contributed by atoms with E-state index in [1.807, 2.05) is 0 Å². The first-order chi connectivity index (χ1) is 8.19. The van der Waals surface area contributed by atoms with Gasteiger partial charge in [0.05, 0.1) is 0 Å². The summed E-state index contributed by atoms with van der Waals surface area (Å²) in [5.41, 5.74) is 3.21. The van der Waals surface area contributed by atoms with Crippen molar-refractivity contribution in [1.29, 1.82) is 0 Å². The number of benzene rings is 1. The van der Waals surface area contributed by atoms with Crippen LogP contribution in [-0.2, 0) is 5.41 Å². The highest BCUT2D eigenvalue weighted by molar-refractivity contribution is 5.33. The molecule has 92 valence electrons. The molecule has 1 aromatic rings. The minimum Gasteiger partial charge on any atom is -0.313 e. The highest BCUT2D eigenvalue weighted by atomic mass is 14.9. The molecule has 1 unspecified atom stereocenters. The predicted octanol–water partition coefficient (Wildman–Crippen LogP) is 3.66. The summed E-state index contributed by atoms with van der Waals surface area (Å²) in [6, 6.07) is 11.4. The molecule has 0 aromatic heterocycles. The van der Waals surface area contributed by atoms with Crippen LogP contribution in [0.3, 0.4) is 0 Å². The first-order valence-electron chi connectivity index (χ1n) is 6.57. The molecular weight excluding hydrogens is 206 g/mol. The van der Waals surface area contributed by atoms with Gasteiger partial charge in [0.1, 0.15) is 0 Å². The molecule has 1 saturated carbocycles. The van der Waals surface area contributed by atoms with E-state index in [1.54, 1.807) is 0 Å². The van der Waals surface area contributed by atoms with Crippen LogP contribution in [-0.4, -0.2) is 13.1 Å². The summed E-state index contributed by atoms with van der Waals surface area (Å²) >= 11 is 0. The number of likely N-dealkylation sites (N-methyl/N-ethyl adjacent to an activating group) is 1. The Bertz CT molecular complexity index is 383. The van der Waals surface area contributed by atoms with Gasteiger partial charge in [-0.3, -0.25) is 0 Å². The lowest BCUT2D eigenvalue weighted by molar-refractivity contribution is 0.200. The second-order valence-electron chi connectivity index (χ2n) is 5.39. The lowest BCUT2D eigenvalue weighted by Crippen LogP contribution is -2.50. The van der Waals surface area contributed by atoms with Crippen LogP contribution in [0.1, 0.15) is 38.7 Å². The SMILES string of the molecule is CNC(C=C(C)C)C1(c2ccccc2)CCC1. The molecule has 0 heterocycles. The molecule has 1 nitrogen and oxygen atoms in total. The highest BCUT2D eigenvalue weighted by Crippen LogP contribution is 2.46. The molecule has 1 N–H and O–H groups in total. The molecule has 1 atom stereocenters. The van der Waals surface area contributed by atoms with Gasteiger partial charge in [-0.15, -0.1) is 0 Å². The third kappa shape index (κ3) is 2.30. The van der Waals surface area contributed by atoms with Gasteiger partial charge in [0.25, 0.3) is 0 Å². The molecule has 0 aliphatic heterocycles. The Morgan fingerprint density at radius 3 is 2.29 bits per heavy atom. The third-order valence-electron chi connectivity index (χ3n) is 4.00. The molecule has 2 rings (SSSR count). The van der Waals surface area contributed by atoms with Crippen molar-refractivity contribution in [1.82, 2.24) is 5.32 Å². The Balaban J connectivity index is 2.34. The largest absolute Gasteiger partial charge is 0.313 e. The maximum atomic E-state index is 3.50. The standard InChI is InChI=1S/C16H23N/c1-13(2)12-15(17-3)16(10-7-11-16)14-8-5-4-6-9-14/h4-6,8-9,12,15,17H,7,10-11H2,1-3H3. The van der Waals surface area contributed by atoms with Gasteiger partial charge >= 0.3 is 0 Å². The minimum absolute atomic E-state index is 0.327. The number of hydrogen-bond acceptors (Lipinski definition) is 1. The van der Waals surface area contributed by atoms with E-state index in [2.05, 4.69) is 62.6 Å². The summed E-state index contributed by atoms with van der Waals surface area (Å²) in [5.74, 6) is 0. The van der Waals surface area contributed by atoms with Crippen LogP contribution in [0.4, 0.5) is 0 Å². The van der Waals surface area contributed by atoms with Crippen molar-refractivity contribution < 1.29 is 0 Å². The van der Waals surface area contributed by atoms with E-state index in [-0.39, 0.29) is 0 Å². The van der Waals surface area contributed by atoms with E-state index in [0.717, 1.165) is 0 Å². The van der Waals surface area contributed by atoms with Crippen LogP contribution in [0.2, 0.25) is 0 Å². The maximum absolute atomic E-state index is 3.50. The average Bonchev–Trinajstić information content (AvgIpc) is 2.27. The predicted molar refractivity (Wildman–Crippen MR) is 74.2 cm³/mol. The van der Waals surface area contributed by atoms with Gasteiger partial charge in [-0.1, -0.05) is 48.4 Å². The van der Waals surface area contributed by atoms with Crippen LogP contribution in [0.15, 0.2) is 42.0 Å².